The van der Waals surface area contributed by atoms with Crippen LogP contribution in [0.1, 0.15) is 13.8 Å². The predicted molar refractivity (Wildman–Crippen MR) is 91.2 cm³/mol. The average molecular weight is 299 g/mol. The Morgan fingerprint density at radius 1 is 1.09 bits per heavy atom. The molecule has 0 spiro atoms. The van der Waals surface area contributed by atoms with Gasteiger partial charge in [0, 0.05) is 50.0 Å². The first-order valence-electron chi connectivity index (χ1n) is 8.14. The summed E-state index contributed by atoms with van der Waals surface area (Å²) < 4.78 is 0. The van der Waals surface area contributed by atoms with Crippen molar-refractivity contribution >= 4 is 16.6 Å². The molecular weight excluding hydrogens is 274 g/mol. The second-order valence-electron chi connectivity index (χ2n) is 6.45. The zero-order chi connectivity index (χ0) is 15.5. The summed E-state index contributed by atoms with van der Waals surface area (Å²) in [7, 11) is 0. The number of aliphatic hydroxyl groups excluding tert-OH is 1. The summed E-state index contributed by atoms with van der Waals surface area (Å²) in [5.41, 5.74) is 2.33. The van der Waals surface area contributed by atoms with Crippen molar-refractivity contribution in [2.24, 2.45) is 5.92 Å². The van der Waals surface area contributed by atoms with E-state index < -0.39 is 0 Å². The van der Waals surface area contributed by atoms with Gasteiger partial charge in [0.15, 0.2) is 0 Å². The molecule has 2 aromatic rings. The van der Waals surface area contributed by atoms with Crippen molar-refractivity contribution in [3.8, 4) is 0 Å². The molecule has 2 heterocycles. The van der Waals surface area contributed by atoms with Gasteiger partial charge in [-0.25, -0.2) is 0 Å². The molecule has 3 rings (SSSR count). The Labute approximate surface area is 132 Å². The van der Waals surface area contributed by atoms with Gasteiger partial charge in [-0.1, -0.05) is 32.0 Å². The molecule has 1 aliphatic heterocycles. The van der Waals surface area contributed by atoms with Gasteiger partial charge in [0.2, 0.25) is 0 Å². The summed E-state index contributed by atoms with van der Waals surface area (Å²) in [6, 6.07) is 10.4. The standard InChI is InChI=1S/C18H25N3O/c1-14(2)18(22)13-20-9-11-21(12-10-20)17-7-8-19-16-6-4-3-5-15(16)17/h3-8,14,18,22H,9-13H2,1-2H3. The van der Waals surface area contributed by atoms with Crippen molar-refractivity contribution in [3.05, 3.63) is 36.5 Å². The molecule has 1 aliphatic rings. The zero-order valence-electron chi connectivity index (χ0n) is 13.4. The van der Waals surface area contributed by atoms with Gasteiger partial charge >= 0.3 is 0 Å². The number of aromatic nitrogens is 1. The molecular formula is C18H25N3O. The number of aliphatic hydroxyl groups is 1. The number of pyridine rings is 1. The lowest BCUT2D eigenvalue weighted by molar-refractivity contribution is 0.0739. The van der Waals surface area contributed by atoms with Crippen LogP contribution in [-0.4, -0.2) is 53.8 Å². The van der Waals surface area contributed by atoms with Crippen LogP contribution in [0.3, 0.4) is 0 Å². The molecule has 1 saturated heterocycles. The third-order valence-electron chi connectivity index (χ3n) is 4.55. The number of para-hydroxylation sites is 1. The number of anilines is 1. The van der Waals surface area contributed by atoms with E-state index in [1.54, 1.807) is 0 Å². The summed E-state index contributed by atoms with van der Waals surface area (Å²) in [6.07, 6.45) is 1.67. The van der Waals surface area contributed by atoms with Crippen LogP contribution < -0.4 is 4.90 Å². The van der Waals surface area contributed by atoms with E-state index in [1.165, 1.54) is 11.1 Å². The lowest BCUT2D eigenvalue weighted by atomic mass is 10.1. The summed E-state index contributed by atoms with van der Waals surface area (Å²) in [6.45, 7) is 8.93. The highest BCUT2D eigenvalue weighted by Gasteiger charge is 2.21. The van der Waals surface area contributed by atoms with Crippen LogP contribution in [0.4, 0.5) is 5.69 Å². The van der Waals surface area contributed by atoms with Gasteiger partial charge in [-0.2, -0.15) is 0 Å². The molecule has 0 amide bonds. The van der Waals surface area contributed by atoms with Crippen molar-refractivity contribution in [1.29, 1.82) is 0 Å². The number of benzene rings is 1. The normalized spacial score (nSPS) is 18.1. The molecule has 0 aliphatic carbocycles. The second-order valence-corrected chi connectivity index (χ2v) is 6.45. The molecule has 1 fully saturated rings. The van der Waals surface area contributed by atoms with E-state index >= 15 is 0 Å². The monoisotopic (exact) mass is 299 g/mol. The predicted octanol–water partition coefficient (Wildman–Crippen LogP) is 2.37. The van der Waals surface area contributed by atoms with E-state index in [0.29, 0.717) is 5.92 Å². The van der Waals surface area contributed by atoms with Crippen LogP contribution in [0.5, 0.6) is 0 Å². The van der Waals surface area contributed by atoms with Gasteiger partial charge in [-0.15, -0.1) is 0 Å². The van der Waals surface area contributed by atoms with Crippen LogP contribution >= 0.6 is 0 Å². The number of hydrogen-bond acceptors (Lipinski definition) is 4. The largest absolute Gasteiger partial charge is 0.392 e. The van der Waals surface area contributed by atoms with Gasteiger partial charge in [0.1, 0.15) is 0 Å². The van der Waals surface area contributed by atoms with Gasteiger partial charge in [-0.05, 0) is 18.1 Å². The molecule has 0 radical (unpaired) electrons. The van der Waals surface area contributed by atoms with Crippen LogP contribution in [0.2, 0.25) is 0 Å². The van der Waals surface area contributed by atoms with E-state index in [4.69, 9.17) is 0 Å². The van der Waals surface area contributed by atoms with Crippen molar-refractivity contribution in [3.63, 3.8) is 0 Å². The lowest BCUT2D eigenvalue weighted by Gasteiger charge is -2.37. The Balaban J connectivity index is 1.68. The number of β-amino-alcohol motifs (C(OH)–C–C–N with tert-alkyl or cyclic N) is 1. The van der Waals surface area contributed by atoms with Crippen LogP contribution in [0.15, 0.2) is 36.5 Å². The minimum absolute atomic E-state index is 0.228. The first kappa shape index (κ1) is 15.3. The molecule has 1 N–H and O–H groups in total. The first-order chi connectivity index (χ1) is 10.6. The molecule has 1 unspecified atom stereocenters. The average Bonchev–Trinajstić information content (AvgIpc) is 2.55. The lowest BCUT2D eigenvalue weighted by Crippen LogP contribution is -2.49. The molecule has 1 aromatic carbocycles. The summed E-state index contributed by atoms with van der Waals surface area (Å²) in [4.78, 5) is 9.24. The van der Waals surface area contributed by atoms with Crippen molar-refractivity contribution in [2.75, 3.05) is 37.6 Å². The maximum Gasteiger partial charge on any atom is 0.0722 e. The molecule has 0 bridgehead atoms. The molecule has 0 saturated carbocycles. The Kier molecular flexibility index (Phi) is 4.60. The fourth-order valence-electron chi connectivity index (χ4n) is 3.00. The Morgan fingerprint density at radius 2 is 1.82 bits per heavy atom. The van der Waals surface area contributed by atoms with E-state index in [1.807, 2.05) is 12.3 Å². The highest BCUT2D eigenvalue weighted by atomic mass is 16.3. The quantitative estimate of drug-likeness (QED) is 0.941. The van der Waals surface area contributed by atoms with Crippen LogP contribution in [0.25, 0.3) is 10.9 Å². The molecule has 1 aromatic heterocycles. The van der Waals surface area contributed by atoms with Crippen molar-refractivity contribution in [1.82, 2.24) is 9.88 Å². The Hall–Kier alpha value is -1.65. The maximum atomic E-state index is 10.0. The SMILES string of the molecule is CC(C)C(O)CN1CCN(c2ccnc3ccccc23)CC1. The zero-order valence-corrected chi connectivity index (χ0v) is 13.4. The number of fused-ring (bicyclic) bond motifs is 1. The smallest absolute Gasteiger partial charge is 0.0722 e. The molecule has 118 valence electrons. The minimum Gasteiger partial charge on any atom is -0.392 e. The number of nitrogens with zero attached hydrogens (tertiary/aromatic N) is 3. The molecule has 22 heavy (non-hydrogen) atoms. The minimum atomic E-state index is -0.228. The highest BCUT2D eigenvalue weighted by molar-refractivity contribution is 5.91. The van der Waals surface area contributed by atoms with Crippen LogP contribution in [0, 0.1) is 5.92 Å². The van der Waals surface area contributed by atoms with E-state index in [0.717, 1.165) is 38.2 Å². The van der Waals surface area contributed by atoms with Crippen molar-refractivity contribution in [2.45, 2.75) is 20.0 Å². The van der Waals surface area contributed by atoms with E-state index in [9.17, 15) is 5.11 Å². The van der Waals surface area contributed by atoms with Gasteiger partial charge < -0.3 is 10.0 Å². The summed E-state index contributed by atoms with van der Waals surface area (Å²) in [5, 5.41) is 11.3. The number of hydrogen-bond donors (Lipinski definition) is 1. The molecule has 4 nitrogen and oxygen atoms in total. The summed E-state index contributed by atoms with van der Waals surface area (Å²) in [5.74, 6) is 0.321. The fourth-order valence-corrected chi connectivity index (χ4v) is 3.00. The van der Waals surface area contributed by atoms with Gasteiger partial charge in [-0.3, -0.25) is 9.88 Å². The topological polar surface area (TPSA) is 39.6 Å². The Bertz CT molecular complexity index is 615. The molecule has 4 heteroatoms. The van der Waals surface area contributed by atoms with Gasteiger partial charge in [0.25, 0.3) is 0 Å². The highest BCUT2D eigenvalue weighted by Crippen LogP contribution is 2.26. The maximum absolute atomic E-state index is 10.0. The third kappa shape index (κ3) is 3.23. The first-order valence-corrected chi connectivity index (χ1v) is 8.14. The van der Waals surface area contributed by atoms with Crippen molar-refractivity contribution < 1.29 is 5.11 Å². The number of piperazine rings is 1. The second kappa shape index (κ2) is 6.63. The molecule has 1 atom stereocenters. The summed E-state index contributed by atoms with van der Waals surface area (Å²) >= 11 is 0. The van der Waals surface area contributed by atoms with Gasteiger partial charge in [0.05, 0.1) is 11.6 Å². The fraction of sp³-hybridized carbons (Fsp3) is 0.500. The van der Waals surface area contributed by atoms with E-state index in [2.05, 4.69) is 52.9 Å². The van der Waals surface area contributed by atoms with E-state index in [-0.39, 0.29) is 6.10 Å². The Morgan fingerprint density at radius 3 is 2.55 bits per heavy atom. The van der Waals surface area contributed by atoms with Crippen LogP contribution in [-0.2, 0) is 0 Å². The third-order valence-corrected chi connectivity index (χ3v) is 4.55. The number of rotatable bonds is 4.